The Morgan fingerprint density at radius 1 is 0.655 bits per heavy atom. The highest BCUT2D eigenvalue weighted by molar-refractivity contribution is 5.41. The lowest BCUT2D eigenvalue weighted by atomic mass is 9.78. The summed E-state index contributed by atoms with van der Waals surface area (Å²) in [5.74, 6) is 1.53. The third-order valence-corrected chi connectivity index (χ3v) is 4.57. The molecule has 6 nitrogen and oxygen atoms in total. The fourth-order valence-electron chi connectivity index (χ4n) is 2.86. The molecule has 2 aromatic rings. The van der Waals surface area contributed by atoms with Crippen LogP contribution in [0.25, 0.3) is 0 Å². The zero-order valence-corrected chi connectivity index (χ0v) is 17.6. The Balaban J connectivity index is 1.91. The Morgan fingerprint density at radius 3 is 1.31 bits per heavy atom. The van der Waals surface area contributed by atoms with Crippen molar-refractivity contribution in [2.75, 3.05) is 26.4 Å². The Hall–Kier alpha value is -2.12. The Kier molecular flexibility index (Phi) is 8.92. The van der Waals surface area contributed by atoms with Crippen LogP contribution >= 0.6 is 0 Å². The van der Waals surface area contributed by atoms with Crippen molar-refractivity contribution in [3.63, 3.8) is 0 Å². The summed E-state index contributed by atoms with van der Waals surface area (Å²) in [4.78, 5) is 0. The first kappa shape index (κ1) is 23.2. The molecule has 29 heavy (non-hydrogen) atoms. The average Bonchev–Trinajstić information content (AvgIpc) is 2.69. The van der Waals surface area contributed by atoms with Gasteiger partial charge in [0, 0.05) is 5.41 Å². The minimum absolute atomic E-state index is 0.179. The second-order valence-corrected chi connectivity index (χ2v) is 7.31. The highest BCUT2D eigenvalue weighted by atomic mass is 16.6. The van der Waals surface area contributed by atoms with Crippen molar-refractivity contribution in [3.05, 3.63) is 59.7 Å². The molecular weight excluding hydrogens is 372 g/mol. The minimum Gasteiger partial charge on any atom is -0.491 e. The van der Waals surface area contributed by atoms with Crippen molar-refractivity contribution in [3.8, 4) is 11.5 Å². The third-order valence-electron chi connectivity index (χ3n) is 4.57. The van der Waals surface area contributed by atoms with Gasteiger partial charge in [0.05, 0.1) is 13.2 Å². The molecule has 2 N–H and O–H groups in total. The number of aliphatic hydroxyl groups excluding tert-OH is 2. The van der Waals surface area contributed by atoms with Gasteiger partial charge in [-0.2, -0.15) is 0 Å². The van der Waals surface area contributed by atoms with Crippen LogP contribution in [0.15, 0.2) is 48.5 Å². The molecule has 0 saturated heterocycles. The number of hydrogen-bond donors (Lipinski definition) is 2. The molecule has 0 radical (unpaired) electrons. The standard InChI is InChI=1S/C23H32O6/c1-17(24)26-13-15-28-21-9-5-19(6-10-21)23(3,4)20-7-11-22(12-8-20)29-16-14-27-18(2)25/h5-12,17-18,24-25H,13-16H2,1-4H3. The number of rotatable bonds is 12. The molecule has 0 aromatic heterocycles. The summed E-state index contributed by atoms with van der Waals surface area (Å²) in [5, 5.41) is 18.1. The average molecular weight is 405 g/mol. The second kappa shape index (κ2) is 11.2. The van der Waals surface area contributed by atoms with Crippen LogP contribution in [0.4, 0.5) is 0 Å². The van der Waals surface area contributed by atoms with E-state index in [0.717, 1.165) is 11.5 Å². The van der Waals surface area contributed by atoms with E-state index in [0.29, 0.717) is 26.4 Å². The quantitative estimate of drug-likeness (QED) is 0.417. The summed E-state index contributed by atoms with van der Waals surface area (Å²) in [5.41, 5.74) is 2.16. The minimum atomic E-state index is -0.781. The van der Waals surface area contributed by atoms with Gasteiger partial charge >= 0.3 is 0 Å². The Bertz CT molecular complexity index is 646. The van der Waals surface area contributed by atoms with E-state index in [1.807, 2.05) is 24.3 Å². The Labute approximate surface area is 173 Å². The fraction of sp³-hybridized carbons (Fsp3) is 0.478. The molecule has 0 heterocycles. The fourth-order valence-corrected chi connectivity index (χ4v) is 2.86. The van der Waals surface area contributed by atoms with Gasteiger partial charge in [-0.05, 0) is 49.2 Å². The lowest BCUT2D eigenvalue weighted by Crippen LogP contribution is -2.19. The maximum Gasteiger partial charge on any atom is 0.151 e. The number of ether oxygens (including phenoxy) is 4. The van der Waals surface area contributed by atoms with Gasteiger partial charge in [0.25, 0.3) is 0 Å². The summed E-state index contributed by atoms with van der Waals surface area (Å²) >= 11 is 0. The molecule has 0 bridgehead atoms. The van der Waals surface area contributed by atoms with Gasteiger partial charge in [0.1, 0.15) is 24.7 Å². The predicted molar refractivity (Wildman–Crippen MR) is 111 cm³/mol. The molecule has 0 aliphatic rings. The van der Waals surface area contributed by atoms with E-state index in [2.05, 4.69) is 38.1 Å². The van der Waals surface area contributed by atoms with Gasteiger partial charge in [-0.3, -0.25) is 0 Å². The van der Waals surface area contributed by atoms with Gasteiger partial charge in [0.15, 0.2) is 12.6 Å². The molecule has 0 aliphatic heterocycles. The molecule has 0 fully saturated rings. The SMILES string of the molecule is CC(O)OCCOc1ccc(C(C)(C)c2ccc(OCCOC(C)O)cc2)cc1. The van der Waals surface area contributed by atoms with E-state index < -0.39 is 12.6 Å². The summed E-state index contributed by atoms with van der Waals surface area (Å²) in [7, 11) is 0. The van der Waals surface area contributed by atoms with Crippen LogP contribution in [0.5, 0.6) is 11.5 Å². The normalized spacial score (nSPS) is 13.7. The topological polar surface area (TPSA) is 77.4 Å². The molecule has 0 saturated carbocycles. The van der Waals surface area contributed by atoms with Crippen LogP contribution in [0.2, 0.25) is 0 Å². The highest BCUT2D eigenvalue weighted by Gasteiger charge is 2.23. The number of hydrogen-bond acceptors (Lipinski definition) is 6. The maximum atomic E-state index is 9.07. The molecule has 6 heteroatoms. The largest absolute Gasteiger partial charge is 0.491 e. The summed E-state index contributed by atoms with van der Waals surface area (Å²) in [6, 6.07) is 16.0. The van der Waals surface area contributed by atoms with E-state index in [1.54, 1.807) is 13.8 Å². The van der Waals surface area contributed by atoms with Crippen molar-refractivity contribution < 1.29 is 29.2 Å². The number of aliphatic hydroxyl groups is 2. The van der Waals surface area contributed by atoms with Gasteiger partial charge in [-0.25, -0.2) is 0 Å². The van der Waals surface area contributed by atoms with E-state index in [4.69, 9.17) is 29.2 Å². The van der Waals surface area contributed by atoms with Crippen LogP contribution in [-0.4, -0.2) is 49.2 Å². The number of benzene rings is 2. The van der Waals surface area contributed by atoms with E-state index in [1.165, 1.54) is 11.1 Å². The second-order valence-electron chi connectivity index (χ2n) is 7.31. The van der Waals surface area contributed by atoms with Crippen LogP contribution in [-0.2, 0) is 14.9 Å². The van der Waals surface area contributed by atoms with Gasteiger partial charge in [-0.1, -0.05) is 38.1 Å². The van der Waals surface area contributed by atoms with Gasteiger partial charge < -0.3 is 29.2 Å². The van der Waals surface area contributed by atoms with Gasteiger partial charge in [-0.15, -0.1) is 0 Å². The molecule has 0 spiro atoms. The summed E-state index contributed by atoms with van der Waals surface area (Å²) in [6.45, 7) is 8.93. The molecule has 2 unspecified atom stereocenters. The zero-order chi connectivity index (χ0) is 21.3. The van der Waals surface area contributed by atoms with Crippen molar-refractivity contribution >= 4 is 0 Å². The molecule has 2 rings (SSSR count). The monoisotopic (exact) mass is 404 g/mol. The van der Waals surface area contributed by atoms with Gasteiger partial charge in [0.2, 0.25) is 0 Å². The van der Waals surface area contributed by atoms with E-state index in [9.17, 15) is 0 Å². The lowest BCUT2D eigenvalue weighted by Gasteiger charge is -2.26. The van der Waals surface area contributed by atoms with Crippen molar-refractivity contribution in [1.82, 2.24) is 0 Å². The third kappa shape index (κ3) is 7.66. The molecule has 0 aliphatic carbocycles. The first-order valence-corrected chi connectivity index (χ1v) is 9.85. The van der Waals surface area contributed by atoms with Crippen molar-refractivity contribution in [2.24, 2.45) is 0 Å². The van der Waals surface area contributed by atoms with Crippen LogP contribution in [0.1, 0.15) is 38.8 Å². The molecule has 2 aromatic carbocycles. The van der Waals surface area contributed by atoms with Crippen LogP contribution < -0.4 is 9.47 Å². The maximum absolute atomic E-state index is 9.07. The lowest BCUT2D eigenvalue weighted by molar-refractivity contribution is -0.0917. The molecule has 0 amide bonds. The van der Waals surface area contributed by atoms with E-state index >= 15 is 0 Å². The predicted octanol–water partition coefficient (Wildman–Crippen LogP) is 3.48. The zero-order valence-electron chi connectivity index (χ0n) is 17.6. The summed E-state index contributed by atoms with van der Waals surface area (Å²) in [6.07, 6.45) is -1.56. The Morgan fingerprint density at radius 2 is 1.00 bits per heavy atom. The van der Waals surface area contributed by atoms with Crippen molar-refractivity contribution in [2.45, 2.75) is 45.7 Å². The first-order chi connectivity index (χ1) is 13.8. The smallest absolute Gasteiger partial charge is 0.151 e. The molecular formula is C23H32O6. The summed E-state index contributed by atoms with van der Waals surface area (Å²) < 4.78 is 21.4. The highest BCUT2D eigenvalue weighted by Crippen LogP contribution is 2.33. The molecule has 2 atom stereocenters. The molecule has 160 valence electrons. The first-order valence-electron chi connectivity index (χ1n) is 9.85. The van der Waals surface area contributed by atoms with Crippen molar-refractivity contribution in [1.29, 1.82) is 0 Å². The van der Waals surface area contributed by atoms with Crippen LogP contribution in [0.3, 0.4) is 0 Å². The van der Waals surface area contributed by atoms with E-state index in [-0.39, 0.29) is 5.41 Å². The van der Waals surface area contributed by atoms with Crippen LogP contribution in [0, 0.1) is 0 Å².